The van der Waals surface area contributed by atoms with Crippen molar-refractivity contribution in [3.05, 3.63) is 52.6 Å². The predicted molar refractivity (Wildman–Crippen MR) is 200 cm³/mol. The maximum Gasteiger partial charge on any atom is 0.414 e. The number of carbonyl (C=O) groups is 4. The van der Waals surface area contributed by atoms with Crippen molar-refractivity contribution in [3.8, 4) is 0 Å². The normalized spacial score (nSPS) is 32.8. The summed E-state index contributed by atoms with van der Waals surface area (Å²) < 4.78 is 28.5. The molecule has 1 aliphatic heterocycles. The van der Waals surface area contributed by atoms with Gasteiger partial charge >= 0.3 is 12.1 Å². The molecule has 12 nitrogen and oxygen atoms in total. The number of anilines is 1. The highest BCUT2D eigenvalue weighted by Crippen LogP contribution is 2.68. The van der Waals surface area contributed by atoms with Gasteiger partial charge in [0, 0.05) is 74.0 Å². The summed E-state index contributed by atoms with van der Waals surface area (Å²) in [5, 5.41) is 23.8. The van der Waals surface area contributed by atoms with Gasteiger partial charge in [-0.3, -0.25) is 19.7 Å². The van der Waals surface area contributed by atoms with Crippen LogP contribution in [0.5, 0.6) is 0 Å². The van der Waals surface area contributed by atoms with Crippen molar-refractivity contribution >= 4 is 40.3 Å². The topological polar surface area (TPSA) is 164 Å². The number of piperidine rings is 1. The third-order valence-corrected chi connectivity index (χ3v) is 14.1. The van der Waals surface area contributed by atoms with Crippen LogP contribution in [0, 0.1) is 45.7 Å². The van der Waals surface area contributed by atoms with E-state index in [-0.39, 0.29) is 54.1 Å². The number of hydrogen-bond acceptors (Lipinski definition) is 9. The first-order chi connectivity index (χ1) is 25.5. The number of methoxy groups -OCH3 is 1. The summed E-state index contributed by atoms with van der Waals surface area (Å²) in [4.78, 5) is 67.3. The zero-order valence-corrected chi connectivity index (χ0v) is 32.0. The SMILES string of the molecule is C=C[C@]1(C)C[C@@H](OC(=O)NC(=O)C2CCN(c3cc4c(cc3F)c(=O)c(C(=O)O)cn4CCCOC)CC2)[C@@]2(C)C3C(=O)CCC3(CC[C@H]2C)[C@@H](C)[C@@H]1O. The molecular weight excluding hydrogens is 697 g/mol. The number of aromatic nitrogens is 1. The standard InChI is InChI=1S/C41H54FN3O9/c1-7-39(4)21-32(40(5)23(2)9-13-41(24(3)35(39)48)14-10-31(46)34(40)41)54-38(52)43-36(49)25-11-16-44(17-12-25)30-20-29-26(19-28(30)42)33(47)27(37(50)51)22-45(29)15-8-18-53-6/h7,19-20,22-25,32,34-35,48H,1,8-18,21H2,2-6H3,(H,50,51)(H,43,49,52)/t23-,24+,32-,34?,35+,39-,40+,41?/m1/s1. The molecule has 2 bridgehead atoms. The van der Waals surface area contributed by atoms with Crippen molar-refractivity contribution in [1.29, 1.82) is 0 Å². The third-order valence-electron chi connectivity index (χ3n) is 14.1. The van der Waals surface area contributed by atoms with Crippen LogP contribution in [-0.4, -0.2) is 77.5 Å². The highest BCUT2D eigenvalue weighted by Gasteiger charge is 2.68. The van der Waals surface area contributed by atoms with Gasteiger partial charge in [-0.2, -0.15) is 0 Å². The lowest BCUT2D eigenvalue weighted by Gasteiger charge is -2.61. The van der Waals surface area contributed by atoms with Crippen molar-refractivity contribution in [2.24, 2.45) is 39.9 Å². The highest BCUT2D eigenvalue weighted by atomic mass is 19.1. The van der Waals surface area contributed by atoms with Crippen LogP contribution in [0.4, 0.5) is 14.9 Å². The average Bonchev–Trinajstić information content (AvgIpc) is 3.50. The molecule has 0 radical (unpaired) electrons. The number of hydrogen-bond donors (Lipinski definition) is 3. The molecular formula is C41H54FN3O9. The van der Waals surface area contributed by atoms with Gasteiger partial charge in [-0.25, -0.2) is 14.0 Å². The quantitative estimate of drug-likeness (QED) is 0.214. The van der Waals surface area contributed by atoms with Crippen molar-refractivity contribution in [3.63, 3.8) is 0 Å². The first-order valence-electron chi connectivity index (χ1n) is 19.2. The molecule has 0 spiro atoms. The molecule has 2 unspecified atom stereocenters. The summed E-state index contributed by atoms with van der Waals surface area (Å²) in [6.07, 6.45) is 4.68. The second-order valence-electron chi connectivity index (χ2n) is 16.8. The molecule has 6 rings (SSSR count). The number of ketones is 1. The monoisotopic (exact) mass is 751 g/mol. The summed E-state index contributed by atoms with van der Waals surface area (Å²) >= 11 is 0. The third kappa shape index (κ3) is 6.54. The molecule has 2 aromatic rings. The Labute approximate surface area is 315 Å². The van der Waals surface area contributed by atoms with Crippen LogP contribution in [0.3, 0.4) is 0 Å². The van der Waals surface area contributed by atoms with E-state index < -0.39 is 69.1 Å². The molecule has 1 aromatic carbocycles. The van der Waals surface area contributed by atoms with Gasteiger partial charge in [0.1, 0.15) is 23.3 Å². The smallest absolute Gasteiger partial charge is 0.414 e. The summed E-state index contributed by atoms with van der Waals surface area (Å²) in [7, 11) is 1.55. The first-order valence-corrected chi connectivity index (χ1v) is 19.2. The van der Waals surface area contributed by atoms with Gasteiger partial charge in [0.2, 0.25) is 11.3 Å². The van der Waals surface area contributed by atoms with Crippen LogP contribution in [0.1, 0.15) is 89.4 Å². The molecule has 2 amide bonds. The Morgan fingerprint density at radius 1 is 1.11 bits per heavy atom. The van der Waals surface area contributed by atoms with E-state index in [1.807, 2.05) is 20.8 Å². The van der Waals surface area contributed by atoms with Gasteiger partial charge in [0.15, 0.2) is 0 Å². The van der Waals surface area contributed by atoms with Crippen LogP contribution in [0.25, 0.3) is 10.9 Å². The predicted octanol–water partition coefficient (Wildman–Crippen LogP) is 5.71. The minimum atomic E-state index is -1.40. The van der Waals surface area contributed by atoms with Crippen molar-refractivity contribution in [2.45, 2.75) is 97.8 Å². The van der Waals surface area contributed by atoms with Gasteiger partial charge < -0.3 is 29.2 Å². The number of carbonyl (C=O) groups excluding carboxylic acids is 3. The summed E-state index contributed by atoms with van der Waals surface area (Å²) in [6, 6.07) is 2.62. The van der Waals surface area contributed by atoms with E-state index in [9.17, 15) is 34.2 Å². The lowest BCUT2D eigenvalue weighted by molar-refractivity contribution is -0.191. The molecule has 3 saturated carbocycles. The van der Waals surface area contributed by atoms with E-state index >= 15 is 4.39 Å². The lowest BCUT2D eigenvalue weighted by atomic mass is 9.44. The highest BCUT2D eigenvalue weighted by molar-refractivity contribution is 5.94. The number of alkyl carbamates (subject to hydrolysis) is 1. The van der Waals surface area contributed by atoms with E-state index in [0.717, 1.165) is 18.9 Å². The van der Waals surface area contributed by atoms with Gasteiger partial charge in [-0.15, -0.1) is 6.58 Å². The maximum atomic E-state index is 15.6. The molecule has 54 heavy (non-hydrogen) atoms. The molecule has 2 heterocycles. The van der Waals surface area contributed by atoms with E-state index in [2.05, 4.69) is 18.8 Å². The molecule has 1 aromatic heterocycles. The number of aliphatic hydroxyl groups excluding tert-OH is 1. The molecule has 4 fully saturated rings. The second-order valence-corrected chi connectivity index (χ2v) is 16.8. The number of halogens is 1. The fourth-order valence-corrected chi connectivity index (χ4v) is 10.6. The number of ether oxygens (including phenoxy) is 2. The Morgan fingerprint density at radius 3 is 2.46 bits per heavy atom. The number of aromatic carboxylic acids is 1. The Hall–Kier alpha value is -4.10. The maximum absolute atomic E-state index is 15.6. The number of fused-ring (bicyclic) bond motifs is 1. The number of amides is 2. The average molecular weight is 752 g/mol. The number of Topliss-reactive ketones (excluding diaryl/α,β-unsaturated/α-hetero) is 1. The number of benzene rings is 1. The second kappa shape index (κ2) is 14.9. The van der Waals surface area contributed by atoms with Crippen LogP contribution in [0.15, 0.2) is 35.8 Å². The number of carboxylic acid groups (broad SMARTS) is 1. The van der Waals surface area contributed by atoms with Crippen molar-refractivity contribution < 1.29 is 43.3 Å². The molecule has 3 N–H and O–H groups in total. The van der Waals surface area contributed by atoms with Crippen LogP contribution in [0.2, 0.25) is 0 Å². The van der Waals surface area contributed by atoms with Gasteiger partial charge in [0.05, 0.1) is 17.3 Å². The van der Waals surface area contributed by atoms with Crippen LogP contribution in [-0.2, 0) is 25.6 Å². The Kier molecular flexibility index (Phi) is 10.9. The summed E-state index contributed by atoms with van der Waals surface area (Å²) in [6.45, 7) is 13.5. The largest absolute Gasteiger partial charge is 0.477 e. The number of nitrogens with zero attached hydrogens (tertiary/aromatic N) is 2. The molecule has 8 atom stereocenters. The summed E-state index contributed by atoms with van der Waals surface area (Å²) in [5.41, 5.74) is -2.55. The number of carboxylic acids is 1. The van der Waals surface area contributed by atoms with Crippen LogP contribution < -0.4 is 15.6 Å². The van der Waals surface area contributed by atoms with Gasteiger partial charge in [0.25, 0.3) is 0 Å². The molecule has 4 aliphatic rings. The zero-order valence-electron chi connectivity index (χ0n) is 32.0. The zero-order chi connectivity index (χ0) is 39.3. The molecule has 1 saturated heterocycles. The number of imide groups is 1. The van der Waals surface area contributed by atoms with E-state index in [0.29, 0.717) is 50.8 Å². The van der Waals surface area contributed by atoms with Crippen LogP contribution >= 0.6 is 0 Å². The minimum absolute atomic E-state index is 0.0393. The lowest BCUT2D eigenvalue weighted by Crippen LogP contribution is -2.63. The van der Waals surface area contributed by atoms with Gasteiger partial charge in [-0.05, 0) is 74.3 Å². The number of nitrogens with one attached hydrogen (secondary N) is 1. The Morgan fingerprint density at radius 2 is 1.81 bits per heavy atom. The minimum Gasteiger partial charge on any atom is -0.477 e. The Balaban J connectivity index is 1.18. The number of aryl methyl sites for hydroxylation is 1. The van der Waals surface area contributed by atoms with Crippen molar-refractivity contribution in [2.75, 3.05) is 31.7 Å². The fraction of sp³-hybridized carbons (Fsp3) is 0.634. The Bertz CT molecular complexity index is 1910. The first kappa shape index (κ1) is 39.6. The van der Waals surface area contributed by atoms with Crippen molar-refractivity contribution in [1.82, 2.24) is 9.88 Å². The molecule has 13 heteroatoms. The van der Waals surface area contributed by atoms with E-state index in [1.165, 1.54) is 6.20 Å². The number of rotatable bonds is 9. The number of aliphatic hydroxyl groups is 1. The van der Waals surface area contributed by atoms with E-state index in [4.69, 9.17) is 9.47 Å². The number of pyridine rings is 1. The fourth-order valence-electron chi connectivity index (χ4n) is 10.6. The molecule has 3 aliphatic carbocycles. The van der Waals surface area contributed by atoms with E-state index in [1.54, 1.807) is 28.7 Å². The summed E-state index contributed by atoms with van der Waals surface area (Å²) in [5.74, 6) is -3.51. The van der Waals surface area contributed by atoms with Gasteiger partial charge in [-0.1, -0.05) is 33.8 Å². The molecule has 294 valence electrons.